The van der Waals surface area contributed by atoms with E-state index >= 15 is 0 Å². The lowest BCUT2D eigenvalue weighted by molar-refractivity contribution is -0.117. The van der Waals surface area contributed by atoms with Crippen molar-refractivity contribution in [1.29, 1.82) is 0 Å². The highest BCUT2D eigenvalue weighted by molar-refractivity contribution is 6.01. The lowest BCUT2D eigenvalue weighted by atomic mass is 10.1. The number of phenolic OH excluding ortho intramolecular Hbond substituents is 1. The number of benzene rings is 3. The van der Waals surface area contributed by atoms with E-state index in [4.69, 9.17) is 0 Å². The fourth-order valence-corrected chi connectivity index (χ4v) is 2.46. The molecule has 3 aromatic rings. The maximum atomic E-state index is 12.9. The van der Waals surface area contributed by atoms with Crippen LogP contribution in [-0.4, -0.2) is 11.0 Å². The van der Waals surface area contributed by atoms with Crippen LogP contribution in [0.5, 0.6) is 5.75 Å². The van der Waals surface area contributed by atoms with Gasteiger partial charge in [0.15, 0.2) is 0 Å². The van der Waals surface area contributed by atoms with Gasteiger partial charge in [-0.15, -0.1) is 0 Å². The first-order valence-electron chi connectivity index (χ1n) is 7.45. The average Bonchev–Trinajstić information content (AvgIpc) is 2.59. The van der Waals surface area contributed by atoms with Crippen LogP contribution in [0.15, 0.2) is 84.9 Å². The van der Waals surface area contributed by atoms with Crippen molar-refractivity contribution in [1.82, 2.24) is 0 Å². The van der Waals surface area contributed by atoms with E-state index in [0.717, 1.165) is 16.9 Å². The first-order chi connectivity index (χ1) is 11.2. The van der Waals surface area contributed by atoms with E-state index in [1.54, 1.807) is 29.2 Å². The summed E-state index contributed by atoms with van der Waals surface area (Å²) in [6, 6.07) is 25.9. The number of aromatic hydroxyl groups is 1. The van der Waals surface area contributed by atoms with Gasteiger partial charge < -0.3 is 5.11 Å². The Kier molecular flexibility index (Phi) is 4.39. The summed E-state index contributed by atoms with van der Waals surface area (Å²) in [5.41, 5.74) is 2.54. The normalized spacial score (nSPS) is 10.3. The van der Waals surface area contributed by atoms with Crippen molar-refractivity contribution in [3.05, 3.63) is 90.5 Å². The summed E-state index contributed by atoms with van der Waals surface area (Å²) in [6.07, 6.45) is 0.268. The summed E-state index contributed by atoms with van der Waals surface area (Å²) in [4.78, 5) is 14.6. The number of anilines is 2. The Balaban J connectivity index is 1.92. The van der Waals surface area contributed by atoms with Crippen LogP contribution in [0.25, 0.3) is 0 Å². The van der Waals surface area contributed by atoms with Crippen molar-refractivity contribution in [3.63, 3.8) is 0 Å². The highest BCUT2D eigenvalue weighted by atomic mass is 16.3. The lowest BCUT2D eigenvalue weighted by Crippen LogP contribution is -2.27. The van der Waals surface area contributed by atoms with Crippen molar-refractivity contribution < 1.29 is 9.90 Å². The van der Waals surface area contributed by atoms with Crippen LogP contribution in [0.2, 0.25) is 0 Å². The zero-order valence-corrected chi connectivity index (χ0v) is 12.6. The van der Waals surface area contributed by atoms with Gasteiger partial charge in [-0.2, -0.15) is 0 Å². The molecule has 3 heteroatoms. The summed E-state index contributed by atoms with van der Waals surface area (Å²) in [6.45, 7) is 0. The number of para-hydroxylation sites is 2. The molecule has 0 atom stereocenters. The van der Waals surface area contributed by atoms with Crippen LogP contribution >= 0.6 is 0 Å². The fraction of sp³-hybridized carbons (Fsp3) is 0.0500. The Hall–Kier alpha value is -3.07. The number of phenols is 1. The number of carbonyl (C=O) groups excluding carboxylic acids is 1. The van der Waals surface area contributed by atoms with Crippen LogP contribution in [0.4, 0.5) is 11.4 Å². The highest BCUT2D eigenvalue weighted by Crippen LogP contribution is 2.26. The molecule has 0 fully saturated rings. The second-order valence-corrected chi connectivity index (χ2v) is 5.24. The van der Waals surface area contributed by atoms with Gasteiger partial charge in [0, 0.05) is 11.4 Å². The average molecular weight is 303 g/mol. The van der Waals surface area contributed by atoms with Gasteiger partial charge in [-0.05, 0) is 42.0 Å². The van der Waals surface area contributed by atoms with Gasteiger partial charge in [0.1, 0.15) is 5.75 Å². The smallest absolute Gasteiger partial charge is 0.235 e. The Morgan fingerprint density at radius 3 is 1.70 bits per heavy atom. The number of nitrogens with zero attached hydrogens (tertiary/aromatic N) is 1. The fourth-order valence-electron chi connectivity index (χ4n) is 2.46. The summed E-state index contributed by atoms with van der Waals surface area (Å²) < 4.78 is 0. The number of carbonyl (C=O) groups is 1. The molecular formula is C20H17NO2. The molecule has 3 rings (SSSR count). The third kappa shape index (κ3) is 3.58. The SMILES string of the molecule is O=C(Cc1ccc(O)cc1)N(c1ccccc1)c1ccccc1. The molecule has 0 spiro atoms. The maximum absolute atomic E-state index is 12.9. The first kappa shape index (κ1) is 14.9. The van der Waals surface area contributed by atoms with Gasteiger partial charge in [0.05, 0.1) is 6.42 Å². The Morgan fingerprint density at radius 2 is 1.22 bits per heavy atom. The quantitative estimate of drug-likeness (QED) is 0.780. The van der Waals surface area contributed by atoms with Crippen molar-refractivity contribution >= 4 is 17.3 Å². The third-order valence-electron chi connectivity index (χ3n) is 3.57. The molecule has 0 radical (unpaired) electrons. The van der Waals surface area contributed by atoms with E-state index < -0.39 is 0 Å². The maximum Gasteiger partial charge on any atom is 0.235 e. The summed E-state index contributed by atoms with van der Waals surface area (Å²) in [7, 11) is 0. The van der Waals surface area contributed by atoms with Crippen LogP contribution in [0.1, 0.15) is 5.56 Å². The minimum absolute atomic E-state index is 0.0203. The molecule has 0 saturated carbocycles. The molecule has 0 aliphatic rings. The number of rotatable bonds is 4. The summed E-state index contributed by atoms with van der Waals surface area (Å²) in [5.74, 6) is 0.178. The molecule has 0 aromatic heterocycles. The van der Waals surface area contributed by atoms with Crippen molar-refractivity contribution in [2.24, 2.45) is 0 Å². The van der Waals surface area contributed by atoms with Crippen LogP contribution in [0.3, 0.4) is 0 Å². The van der Waals surface area contributed by atoms with E-state index in [9.17, 15) is 9.90 Å². The monoisotopic (exact) mass is 303 g/mol. The van der Waals surface area contributed by atoms with Crippen LogP contribution < -0.4 is 4.90 Å². The van der Waals surface area contributed by atoms with Gasteiger partial charge in [-0.3, -0.25) is 9.69 Å². The Morgan fingerprint density at radius 1 is 0.739 bits per heavy atom. The second kappa shape index (κ2) is 6.79. The predicted octanol–water partition coefficient (Wildman–Crippen LogP) is 4.30. The predicted molar refractivity (Wildman–Crippen MR) is 91.8 cm³/mol. The molecule has 0 aliphatic heterocycles. The number of hydrogen-bond acceptors (Lipinski definition) is 2. The number of amides is 1. The Labute approximate surface area is 135 Å². The van der Waals surface area contributed by atoms with Gasteiger partial charge in [-0.25, -0.2) is 0 Å². The molecule has 1 N–H and O–H groups in total. The van der Waals surface area contributed by atoms with E-state index in [-0.39, 0.29) is 18.1 Å². The van der Waals surface area contributed by atoms with Crippen molar-refractivity contribution in [2.45, 2.75) is 6.42 Å². The molecule has 1 amide bonds. The molecule has 114 valence electrons. The molecule has 0 bridgehead atoms. The minimum Gasteiger partial charge on any atom is -0.508 e. The minimum atomic E-state index is -0.0203. The summed E-state index contributed by atoms with van der Waals surface area (Å²) >= 11 is 0. The molecule has 0 saturated heterocycles. The molecule has 0 aliphatic carbocycles. The van der Waals surface area contributed by atoms with E-state index in [2.05, 4.69) is 0 Å². The lowest BCUT2D eigenvalue weighted by Gasteiger charge is -2.23. The van der Waals surface area contributed by atoms with Crippen molar-refractivity contribution in [3.8, 4) is 5.75 Å². The van der Waals surface area contributed by atoms with Gasteiger partial charge >= 0.3 is 0 Å². The molecular weight excluding hydrogens is 286 g/mol. The third-order valence-corrected chi connectivity index (χ3v) is 3.57. The molecule has 3 aromatic carbocycles. The first-order valence-corrected chi connectivity index (χ1v) is 7.45. The largest absolute Gasteiger partial charge is 0.508 e. The van der Waals surface area contributed by atoms with Crippen LogP contribution in [0, 0.1) is 0 Å². The zero-order chi connectivity index (χ0) is 16.1. The van der Waals surface area contributed by atoms with Crippen LogP contribution in [-0.2, 0) is 11.2 Å². The Bertz CT molecular complexity index is 728. The van der Waals surface area contributed by atoms with Gasteiger partial charge in [0.2, 0.25) is 5.91 Å². The van der Waals surface area contributed by atoms with Crippen molar-refractivity contribution in [2.75, 3.05) is 4.90 Å². The number of hydrogen-bond donors (Lipinski definition) is 1. The molecule has 0 unspecified atom stereocenters. The summed E-state index contributed by atoms with van der Waals surface area (Å²) in [5, 5.41) is 9.36. The van der Waals surface area contributed by atoms with Gasteiger partial charge in [0.25, 0.3) is 0 Å². The van der Waals surface area contributed by atoms with Gasteiger partial charge in [-0.1, -0.05) is 48.5 Å². The highest BCUT2D eigenvalue weighted by Gasteiger charge is 2.17. The zero-order valence-electron chi connectivity index (χ0n) is 12.6. The van der Waals surface area contributed by atoms with E-state index in [1.165, 1.54) is 0 Å². The van der Waals surface area contributed by atoms with E-state index in [1.807, 2.05) is 60.7 Å². The van der Waals surface area contributed by atoms with E-state index in [0.29, 0.717) is 0 Å². The molecule has 23 heavy (non-hydrogen) atoms. The standard InChI is InChI=1S/C20H17NO2/c22-19-13-11-16(12-14-19)15-20(23)21(17-7-3-1-4-8-17)18-9-5-2-6-10-18/h1-14,22H,15H2. The molecule has 3 nitrogen and oxygen atoms in total. The molecule has 0 heterocycles. The second-order valence-electron chi connectivity index (χ2n) is 5.24. The topological polar surface area (TPSA) is 40.5 Å².